The summed E-state index contributed by atoms with van der Waals surface area (Å²) in [6, 6.07) is 0.262. The number of hydrogen-bond donors (Lipinski definition) is 3. The minimum absolute atomic E-state index is 0.0540. The minimum atomic E-state index is -0.0681. The van der Waals surface area contributed by atoms with Crippen LogP contribution in [0.15, 0.2) is 0 Å². The van der Waals surface area contributed by atoms with Crippen LogP contribution in [0.3, 0.4) is 0 Å². The molecule has 0 aromatic carbocycles. The van der Waals surface area contributed by atoms with Crippen molar-refractivity contribution in [3.8, 4) is 0 Å². The normalized spacial score (nSPS) is 11.9. The summed E-state index contributed by atoms with van der Waals surface area (Å²) in [5.74, 6) is -0.122. The predicted molar refractivity (Wildman–Crippen MR) is 68.7 cm³/mol. The van der Waals surface area contributed by atoms with E-state index in [1.807, 2.05) is 20.8 Å². The van der Waals surface area contributed by atoms with Crippen molar-refractivity contribution in [3.05, 3.63) is 0 Å². The monoisotopic (exact) mass is 243 g/mol. The van der Waals surface area contributed by atoms with E-state index in [-0.39, 0.29) is 30.7 Å². The Morgan fingerprint density at radius 1 is 1.06 bits per heavy atom. The molecule has 0 unspecified atom stereocenters. The molecule has 0 saturated carbocycles. The van der Waals surface area contributed by atoms with Crippen LogP contribution in [0.1, 0.15) is 40.0 Å². The van der Waals surface area contributed by atoms with Gasteiger partial charge in [-0.3, -0.25) is 9.59 Å². The van der Waals surface area contributed by atoms with Crippen LogP contribution in [0.4, 0.5) is 0 Å². The summed E-state index contributed by atoms with van der Waals surface area (Å²) < 4.78 is 0. The van der Waals surface area contributed by atoms with Crippen LogP contribution in [-0.2, 0) is 9.59 Å². The van der Waals surface area contributed by atoms with Crippen LogP contribution < -0.4 is 16.0 Å². The van der Waals surface area contributed by atoms with Crippen molar-refractivity contribution >= 4 is 11.8 Å². The molecule has 17 heavy (non-hydrogen) atoms. The summed E-state index contributed by atoms with van der Waals surface area (Å²) >= 11 is 0. The number of likely N-dealkylation sites (N-methyl/N-ethyl adjacent to an activating group) is 1. The molecule has 5 heteroatoms. The summed E-state index contributed by atoms with van der Waals surface area (Å²) in [6.45, 7) is 8.20. The highest BCUT2D eigenvalue weighted by Crippen LogP contribution is 1.90. The number of carbonyl (C=O) groups is 2. The Bertz CT molecular complexity index is 232. The van der Waals surface area contributed by atoms with Crippen LogP contribution in [0, 0.1) is 0 Å². The first-order valence-electron chi connectivity index (χ1n) is 6.36. The number of carbonyl (C=O) groups excluding carboxylic acids is 2. The van der Waals surface area contributed by atoms with E-state index in [2.05, 4.69) is 16.0 Å². The van der Waals surface area contributed by atoms with Gasteiger partial charge in [0.2, 0.25) is 11.8 Å². The van der Waals surface area contributed by atoms with Crippen molar-refractivity contribution in [2.45, 2.75) is 46.1 Å². The Morgan fingerprint density at radius 2 is 1.65 bits per heavy atom. The molecule has 1 atom stereocenters. The molecule has 0 fully saturated rings. The lowest BCUT2D eigenvalue weighted by Gasteiger charge is -2.13. The Morgan fingerprint density at radius 3 is 2.18 bits per heavy atom. The molecular weight excluding hydrogens is 218 g/mol. The van der Waals surface area contributed by atoms with Crippen molar-refractivity contribution in [2.75, 3.05) is 19.6 Å². The van der Waals surface area contributed by atoms with Crippen molar-refractivity contribution in [1.82, 2.24) is 16.0 Å². The van der Waals surface area contributed by atoms with Crippen LogP contribution in [0.5, 0.6) is 0 Å². The SMILES string of the molecule is CCCNC(=O)CCC(=O)NC[C@@H](C)NCC. The molecule has 5 nitrogen and oxygen atoms in total. The van der Waals surface area contributed by atoms with E-state index in [1.165, 1.54) is 0 Å². The molecule has 0 radical (unpaired) electrons. The summed E-state index contributed by atoms with van der Waals surface area (Å²) in [5, 5.41) is 8.74. The van der Waals surface area contributed by atoms with Gasteiger partial charge in [-0.25, -0.2) is 0 Å². The highest BCUT2D eigenvalue weighted by atomic mass is 16.2. The van der Waals surface area contributed by atoms with Gasteiger partial charge < -0.3 is 16.0 Å². The van der Waals surface area contributed by atoms with Crippen LogP contribution in [-0.4, -0.2) is 37.5 Å². The molecule has 0 aliphatic carbocycles. The molecule has 0 rings (SSSR count). The maximum absolute atomic E-state index is 11.4. The van der Waals surface area contributed by atoms with E-state index in [9.17, 15) is 9.59 Å². The van der Waals surface area contributed by atoms with Crippen LogP contribution >= 0.6 is 0 Å². The highest BCUT2D eigenvalue weighted by Gasteiger charge is 2.07. The van der Waals surface area contributed by atoms with Crippen LogP contribution in [0.25, 0.3) is 0 Å². The van der Waals surface area contributed by atoms with E-state index in [4.69, 9.17) is 0 Å². The molecule has 0 aliphatic rings. The zero-order valence-electron chi connectivity index (χ0n) is 11.1. The molecule has 0 heterocycles. The molecule has 0 spiro atoms. The lowest BCUT2D eigenvalue weighted by atomic mass is 10.2. The molecule has 0 bridgehead atoms. The first-order valence-corrected chi connectivity index (χ1v) is 6.36. The molecule has 2 amide bonds. The van der Waals surface area contributed by atoms with Gasteiger partial charge in [0.1, 0.15) is 0 Å². The van der Waals surface area contributed by atoms with E-state index in [0.29, 0.717) is 13.1 Å². The fourth-order valence-corrected chi connectivity index (χ4v) is 1.36. The Hall–Kier alpha value is -1.10. The highest BCUT2D eigenvalue weighted by molar-refractivity contribution is 5.83. The average Bonchev–Trinajstić information content (AvgIpc) is 2.31. The third kappa shape index (κ3) is 9.81. The van der Waals surface area contributed by atoms with Gasteiger partial charge in [-0.05, 0) is 19.9 Å². The predicted octanol–water partition coefficient (Wildman–Crippen LogP) is 0.407. The Balaban J connectivity index is 3.55. The fraction of sp³-hybridized carbons (Fsp3) is 0.833. The average molecular weight is 243 g/mol. The lowest BCUT2D eigenvalue weighted by molar-refractivity contribution is -0.126. The third-order valence-corrected chi connectivity index (χ3v) is 2.31. The van der Waals surface area contributed by atoms with Gasteiger partial charge in [-0.2, -0.15) is 0 Å². The van der Waals surface area contributed by atoms with Gasteiger partial charge in [0.15, 0.2) is 0 Å². The quantitative estimate of drug-likeness (QED) is 0.549. The van der Waals surface area contributed by atoms with Gasteiger partial charge in [0, 0.05) is 32.0 Å². The molecule has 0 saturated heterocycles. The van der Waals surface area contributed by atoms with Gasteiger partial charge in [-0.1, -0.05) is 13.8 Å². The molecule has 0 aromatic rings. The van der Waals surface area contributed by atoms with Crippen molar-refractivity contribution < 1.29 is 9.59 Å². The summed E-state index contributed by atoms with van der Waals surface area (Å²) in [7, 11) is 0. The van der Waals surface area contributed by atoms with Gasteiger partial charge >= 0.3 is 0 Å². The zero-order chi connectivity index (χ0) is 13.1. The molecular formula is C12H25N3O2. The smallest absolute Gasteiger partial charge is 0.220 e. The fourth-order valence-electron chi connectivity index (χ4n) is 1.36. The van der Waals surface area contributed by atoms with Gasteiger partial charge in [0.05, 0.1) is 0 Å². The minimum Gasteiger partial charge on any atom is -0.356 e. The number of rotatable bonds is 9. The second kappa shape index (κ2) is 10.1. The number of amides is 2. The van der Waals surface area contributed by atoms with Crippen molar-refractivity contribution in [1.29, 1.82) is 0 Å². The van der Waals surface area contributed by atoms with Gasteiger partial charge in [0.25, 0.3) is 0 Å². The first kappa shape index (κ1) is 15.9. The maximum atomic E-state index is 11.4. The second-order valence-electron chi connectivity index (χ2n) is 4.11. The zero-order valence-corrected chi connectivity index (χ0v) is 11.1. The Labute approximate surface area is 104 Å². The van der Waals surface area contributed by atoms with E-state index in [0.717, 1.165) is 13.0 Å². The molecule has 0 aromatic heterocycles. The second-order valence-corrected chi connectivity index (χ2v) is 4.11. The van der Waals surface area contributed by atoms with E-state index < -0.39 is 0 Å². The summed E-state index contributed by atoms with van der Waals surface area (Å²) in [6.07, 6.45) is 1.44. The maximum Gasteiger partial charge on any atom is 0.220 e. The van der Waals surface area contributed by atoms with Gasteiger partial charge in [-0.15, -0.1) is 0 Å². The van der Waals surface area contributed by atoms with Crippen molar-refractivity contribution in [2.24, 2.45) is 0 Å². The summed E-state index contributed by atoms with van der Waals surface area (Å²) in [4.78, 5) is 22.7. The Kier molecular flexibility index (Phi) is 9.43. The number of hydrogen-bond acceptors (Lipinski definition) is 3. The number of nitrogens with one attached hydrogen (secondary N) is 3. The molecule has 0 aliphatic heterocycles. The first-order chi connectivity index (χ1) is 8.10. The lowest BCUT2D eigenvalue weighted by Crippen LogP contribution is -2.39. The summed E-state index contributed by atoms with van der Waals surface area (Å²) in [5.41, 5.74) is 0. The standard InChI is InChI=1S/C12H25N3O2/c1-4-8-14-11(16)6-7-12(17)15-9-10(3)13-5-2/h10,13H,4-9H2,1-3H3,(H,14,16)(H,15,17)/t10-/m1/s1. The topological polar surface area (TPSA) is 70.2 Å². The largest absolute Gasteiger partial charge is 0.356 e. The van der Waals surface area contributed by atoms with E-state index >= 15 is 0 Å². The molecule has 100 valence electrons. The van der Waals surface area contributed by atoms with Crippen molar-refractivity contribution in [3.63, 3.8) is 0 Å². The van der Waals surface area contributed by atoms with E-state index in [1.54, 1.807) is 0 Å². The molecule has 3 N–H and O–H groups in total. The van der Waals surface area contributed by atoms with Crippen LogP contribution in [0.2, 0.25) is 0 Å². The third-order valence-electron chi connectivity index (χ3n) is 2.31.